The number of aliphatic hydroxyl groups excluding tert-OH is 1. The van der Waals surface area contributed by atoms with Crippen LogP contribution in [0.15, 0.2) is 11.6 Å². The fraction of sp³-hybridized carbons (Fsp3) is 0.900. The molecule has 4 fully saturated rings. The molecule has 0 bridgehead atoms. The van der Waals surface area contributed by atoms with E-state index in [0.29, 0.717) is 23.2 Å². The predicted molar refractivity (Wildman–Crippen MR) is 136 cm³/mol. The first-order valence-corrected chi connectivity index (χ1v) is 14.1. The molecule has 5 aliphatic carbocycles. The molecule has 3 unspecified atom stereocenters. The minimum Gasteiger partial charge on any atom is -0.393 e. The molecule has 0 saturated heterocycles. The van der Waals surface area contributed by atoms with Gasteiger partial charge in [0.1, 0.15) is 0 Å². The molecule has 3 heteroatoms. The van der Waals surface area contributed by atoms with Crippen LogP contribution in [-0.2, 0) is 4.79 Å². The van der Waals surface area contributed by atoms with Crippen LogP contribution < -0.4 is 0 Å². The highest BCUT2D eigenvalue weighted by atomic mass is 35.5. The number of allylic oxidation sites excluding steroid dienone is 2. The highest BCUT2D eigenvalue weighted by Gasteiger charge is 2.68. The van der Waals surface area contributed by atoms with Gasteiger partial charge in [0.05, 0.1) is 6.10 Å². The lowest BCUT2D eigenvalue weighted by Gasteiger charge is -2.71. The molecule has 0 heterocycles. The SMILES string of the molecule is CC1(C(=O)Cl)CC[C@]2(C)CC[C@]3(C)C(=CC[C@@H]4[C@@]5(C)C(O)CCC(C)(C)C5CC[C@]43C)[C@@H]2C1. The molecule has 0 aliphatic heterocycles. The van der Waals surface area contributed by atoms with Crippen LogP contribution in [0.1, 0.15) is 113 Å². The largest absolute Gasteiger partial charge is 0.393 e. The van der Waals surface area contributed by atoms with Gasteiger partial charge in [-0.2, -0.15) is 0 Å². The summed E-state index contributed by atoms with van der Waals surface area (Å²) in [7, 11) is 0. The second-order valence-electron chi connectivity index (χ2n) is 14.9. The molecular formula is C30H47ClO2. The third kappa shape index (κ3) is 2.98. The molecule has 4 saturated carbocycles. The first-order chi connectivity index (χ1) is 15.1. The first kappa shape index (κ1) is 24.4. The monoisotopic (exact) mass is 474 g/mol. The molecule has 0 amide bonds. The molecule has 1 N–H and O–H groups in total. The van der Waals surface area contributed by atoms with Crippen molar-refractivity contribution in [2.24, 2.45) is 50.2 Å². The molecule has 0 aromatic rings. The van der Waals surface area contributed by atoms with E-state index >= 15 is 0 Å². The summed E-state index contributed by atoms with van der Waals surface area (Å²) in [5.41, 5.74) is 2.15. The second kappa shape index (κ2) is 7.12. The minimum atomic E-state index is -0.393. The quantitative estimate of drug-likeness (QED) is 0.309. The summed E-state index contributed by atoms with van der Waals surface area (Å²) < 4.78 is 0. The Bertz CT molecular complexity index is 892. The lowest BCUT2D eigenvalue weighted by atomic mass is 9.33. The highest BCUT2D eigenvalue weighted by molar-refractivity contribution is 6.64. The number of hydrogen-bond acceptors (Lipinski definition) is 2. The van der Waals surface area contributed by atoms with Crippen molar-refractivity contribution in [1.82, 2.24) is 0 Å². The van der Waals surface area contributed by atoms with Crippen molar-refractivity contribution >= 4 is 16.8 Å². The number of fused-ring (bicyclic) bond motifs is 7. The summed E-state index contributed by atoms with van der Waals surface area (Å²) >= 11 is 6.17. The van der Waals surface area contributed by atoms with Crippen LogP contribution in [0.5, 0.6) is 0 Å². The Balaban J connectivity index is 1.59. The molecule has 0 aromatic carbocycles. The van der Waals surface area contributed by atoms with Gasteiger partial charge < -0.3 is 5.11 Å². The van der Waals surface area contributed by atoms with Crippen molar-refractivity contribution in [3.63, 3.8) is 0 Å². The fourth-order valence-corrected chi connectivity index (χ4v) is 10.7. The van der Waals surface area contributed by atoms with E-state index in [1.54, 1.807) is 5.57 Å². The van der Waals surface area contributed by atoms with Gasteiger partial charge in [0.2, 0.25) is 5.24 Å². The van der Waals surface area contributed by atoms with Crippen LogP contribution in [-0.4, -0.2) is 16.5 Å². The smallest absolute Gasteiger partial charge is 0.227 e. The summed E-state index contributed by atoms with van der Waals surface area (Å²) in [6.07, 6.45) is 13.5. The van der Waals surface area contributed by atoms with Crippen LogP contribution in [0.2, 0.25) is 0 Å². The number of hydrogen-bond donors (Lipinski definition) is 1. The van der Waals surface area contributed by atoms with Gasteiger partial charge in [-0.15, -0.1) is 0 Å². The van der Waals surface area contributed by atoms with E-state index in [1.165, 1.54) is 25.7 Å². The molecule has 5 aliphatic rings. The molecule has 33 heavy (non-hydrogen) atoms. The van der Waals surface area contributed by atoms with E-state index in [2.05, 4.69) is 54.5 Å². The summed E-state index contributed by atoms with van der Waals surface area (Å²) in [6, 6.07) is 0. The Hall–Kier alpha value is -0.340. The van der Waals surface area contributed by atoms with Crippen molar-refractivity contribution < 1.29 is 9.90 Å². The van der Waals surface area contributed by atoms with E-state index in [0.717, 1.165) is 38.5 Å². The summed E-state index contributed by atoms with van der Waals surface area (Å²) in [4.78, 5) is 12.4. The highest BCUT2D eigenvalue weighted by Crippen LogP contribution is 2.75. The predicted octanol–water partition coefficient (Wildman–Crippen LogP) is 7.91. The Morgan fingerprint density at radius 1 is 0.909 bits per heavy atom. The van der Waals surface area contributed by atoms with Gasteiger partial charge in [-0.3, -0.25) is 4.79 Å². The van der Waals surface area contributed by atoms with Crippen LogP contribution in [0, 0.1) is 50.2 Å². The van der Waals surface area contributed by atoms with Crippen molar-refractivity contribution in [3.05, 3.63) is 11.6 Å². The van der Waals surface area contributed by atoms with Crippen molar-refractivity contribution in [1.29, 1.82) is 0 Å². The number of carbonyl (C=O) groups excluding carboxylic acids is 1. The third-order valence-corrected chi connectivity index (χ3v) is 13.7. The van der Waals surface area contributed by atoms with Crippen molar-refractivity contribution in [2.75, 3.05) is 0 Å². The molecular weight excluding hydrogens is 428 g/mol. The van der Waals surface area contributed by atoms with Gasteiger partial charge in [0, 0.05) is 10.8 Å². The number of rotatable bonds is 1. The summed E-state index contributed by atoms with van der Waals surface area (Å²) in [6.45, 7) is 17.1. The lowest BCUT2D eigenvalue weighted by molar-refractivity contribution is -0.219. The maximum Gasteiger partial charge on any atom is 0.227 e. The normalized spacial score (nSPS) is 55.4. The summed E-state index contributed by atoms with van der Waals surface area (Å²) in [5.74, 6) is 1.56. The molecule has 186 valence electrons. The Morgan fingerprint density at radius 3 is 2.24 bits per heavy atom. The van der Waals surface area contributed by atoms with Gasteiger partial charge in [-0.25, -0.2) is 0 Å². The van der Waals surface area contributed by atoms with Gasteiger partial charge in [-0.05, 0) is 115 Å². The standard InChI is InChI=1S/C30H47ClO2/c1-25(2)12-11-23(32)30(7)21(25)10-13-29(6)22(30)9-8-19-20-18-27(4,24(31)33)15-14-26(20,3)16-17-28(19,29)5/h8,20-23,32H,9-18H2,1-7H3/t20-,21?,22-,23?,26+,27?,28+,29+,30-/m0/s1. The van der Waals surface area contributed by atoms with Crippen LogP contribution >= 0.6 is 11.6 Å². The van der Waals surface area contributed by atoms with Gasteiger partial charge in [0.15, 0.2) is 0 Å². The molecule has 5 rings (SSSR count). The fourth-order valence-electron chi connectivity index (χ4n) is 10.5. The third-order valence-electron chi connectivity index (χ3n) is 13.2. The van der Waals surface area contributed by atoms with E-state index in [1.807, 2.05) is 0 Å². The molecule has 0 aromatic heterocycles. The molecule has 0 spiro atoms. The number of carbonyl (C=O) groups is 1. The minimum absolute atomic E-state index is 0.0201. The van der Waals surface area contributed by atoms with E-state index in [9.17, 15) is 9.90 Å². The Kier molecular flexibility index (Phi) is 5.25. The average molecular weight is 475 g/mol. The lowest BCUT2D eigenvalue weighted by Crippen LogP contribution is -2.66. The topological polar surface area (TPSA) is 37.3 Å². The zero-order valence-electron chi connectivity index (χ0n) is 22.2. The molecule has 9 atom stereocenters. The van der Waals surface area contributed by atoms with Crippen molar-refractivity contribution in [2.45, 2.75) is 119 Å². The average Bonchev–Trinajstić information content (AvgIpc) is 2.73. The Morgan fingerprint density at radius 2 is 1.58 bits per heavy atom. The van der Waals surface area contributed by atoms with Crippen LogP contribution in [0.3, 0.4) is 0 Å². The van der Waals surface area contributed by atoms with Crippen LogP contribution in [0.4, 0.5) is 0 Å². The second-order valence-corrected chi connectivity index (χ2v) is 15.3. The molecule has 0 radical (unpaired) electrons. The van der Waals surface area contributed by atoms with Gasteiger partial charge in [0.25, 0.3) is 0 Å². The molecule has 2 nitrogen and oxygen atoms in total. The van der Waals surface area contributed by atoms with Crippen LogP contribution in [0.25, 0.3) is 0 Å². The maximum absolute atomic E-state index is 12.4. The van der Waals surface area contributed by atoms with Crippen molar-refractivity contribution in [3.8, 4) is 0 Å². The van der Waals surface area contributed by atoms with E-state index in [-0.39, 0.29) is 33.0 Å². The van der Waals surface area contributed by atoms with E-state index < -0.39 is 5.41 Å². The van der Waals surface area contributed by atoms with Gasteiger partial charge >= 0.3 is 0 Å². The maximum atomic E-state index is 12.4. The zero-order chi connectivity index (χ0) is 24.2. The van der Waals surface area contributed by atoms with Gasteiger partial charge in [-0.1, -0.05) is 60.1 Å². The van der Waals surface area contributed by atoms with E-state index in [4.69, 9.17) is 11.6 Å². The Labute approximate surface area is 207 Å². The summed E-state index contributed by atoms with van der Waals surface area (Å²) in [5, 5.41) is 11.4. The first-order valence-electron chi connectivity index (χ1n) is 13.7. The number of aliphatic hydroxyl groups is 1. The zero-order valence-corrected chi connectivity index (χ0v) is 22.9. The number of halogens is 1.